The molecular formula is C45H32N2. The first-order valence-electron chi connectivity index (χ1n) is 16.2. The lowest BCUT2D eigenvalue weighted by atomic mass is 9.89. The molecule has 0 aliphatic carbocycles. The summed E-state index contributed by atoms with van der Waals surface area (Å²) < 4.78 is 2.38. The fourth-order valence-corrected chi connectivity index (χ4v) is 7.36. The van der Waals surface area contributed by atoms with Gasteiger partial charge in [-0.3, -0.25) is 0 Å². The van der Waals surface area contributed by atoms with Gasteiger partial charge in [-0.2, -0.15) is 0 Å². The second-order valence-electron chi connectivity index (χ2n) is 12.2. The number of para-hydroxylation sites is 3. The Morgan fingerprint density at radius 1 is 0.404 bits per heavy atom. The highest BCUT2D eigenvalue weighted by Crippen LogP contribution is 2.48. The van der Waals surface area contributed by atoms with Gasteiger partial charge in [0.2, 0.25) is 0 Å². The van der Waals surface area contributed by atoms with Crippen molar-refractivity contribution in [3.05, 3.63) is 181 Å². The van der Waals surface area contributed by atoms with Gasteiger partial charge in [-0.05, 0) is 77.4 Å². The largest absolute Gasteiger partial charge is 0.309 e. The van der Waals surface area contributed by atoms with Crippen molar-refractivity contribution < 1.29 is 0 Å². The molecule has 0 saturated heterocycles. The summed E-state index contributed by atoms with van der Waals surface area (Å²) in [4.78, 5) is 2.43. The smallest absolute Gasteiger partial charge is 0.0618 e. The Hall–Kier alpha value is -6.12. The predicted octanol–water partition coefficient (Wildman–Crippen LogP) is 12.5. The Balaban J connectivity index is 1.31. The average molecular weight is 601 g/mol. The lowest BCUT2D eigenvalue weighted by Crippen LogP contribution is -2.11. The molecule has 0 atom stereocenters. The zero-order valence-corrected chi connectivity index (χ0v) is 26.1. The van der Waals surface area contributed by atoms with Gasteiger partial charge in [0.25, 0.3) is 0 Å². The van der Waals surface area contributed by atoms with Crippen LogP contribution in [0.3, 0.4) is 0 Å². The van der Waals surface area contributed by atoms with Crippen molar-refractivity contribution in [3.8, 4) is 16.8 Å². The molecule has 2 heteroatoms. The molecule has 47 heavy (non-hydrogen) atoms. The molecule has 9 aromatic rings. The molecule has 0 amide bonds. The maximum atomic E-state index is 2.43. The highest BCUT2D eigenvalue weighted by atomic mass is 15.1. The van der Waals surface area contributed by atoms with Crippen LogP contribution in [-0.4, -0.2) is 4.57 Å². The molecule has 0 spiro atoms. The van der Waals surface area contributed by atoms with Crippen LogP contribution in [0.25, 0.3) is 60.2 Å². The van der Waals surface area contributed by atoms with Crippen molar-refractivity contribution in [2.45, 2.75) is 6.92 Å². The standard InChI is InChI=1S/C45H32N2/c1-31-24-29-40-41(30-31)44(32-14-4-2-5-15-32)38-20-8-9-21-39(38)45(40)46(33-16-6-3-7-17-33)34-25-27-35(28-26-34)47-42-22-12-10-18-36(42)37-19-11-13-23-43(37)47/h2-30H,1H3. The van der Waals surface area contributed by atoms with Crippen molar-refractivity contribution in [3.63, 3.8) is 0 Å². The van der Waals surface area contributed by atoms with E-state index >= 15 is 0 Å². The second kappa shape index (κ2) is 11.0. The SMILES string of the molecule is Cc1ccc2c(N(c3ccccc3)c3ccc(-n4c5ccccc5c5ccccc54)cc3)c3ccccc3c(-c3ccccc3)c2c1. The van der Waals surface area contributed by atoms with E-state index in [1.807, 2.05) is 0 Å². The summed E-state index contributed by atoms with van der Waals surface area (Å²) in [5.74, 6) is 0. The van der Waals surface area contributed by atoms with Crippen LogP contribution < -0.4 is 4.90 Å². The van der Waals surface area contributed by atoms with Crippen LogP contribution in [0.1, 0.15) is 5.56 Å². The van der Waals surface area contributed by atoms with Gasteiger partial charge < -0.3 is 9.47 Å². The fourth-order valence-electron chi connectivity index (χ4n) is 7.36. The van der Waals surface area contributed by atoms with Gasteiger partial charge >= 0.3 is 0 Å². The first-order chi connectivity index (χ1) is 23.3. The summed E-state index contributed by atoms with van der Waals surface area (Å²) in [6.45, 7) is 2.19. The summed E-state index contributed by atoms with van der Waals surface area (Å²) in [6, 6.07) is 63.8. The van der Waals surface area contributed by atoms with Crippen molar-refractivity contribution in [1.29, 1.82) is 0 Å². The molecule has 2 nitrogen and oxygen atoms in total. The van der Waals surface area contributed by atoms with Gasteiger partial charge in [-0.1, -0.05) is 133 Å². The molecule has 8 aromatic carbocycles. The third-order valence-corrected chi connectivity index (χ3v) is 9.40. The van der Waals surface area contributed by atoms with Crippen molar-refractivity contribution in [1.82, 2.24) is 4.57 Å². The highest BCUT2D eigenvalue weighted by Gasteiger charge is 2.22. The normalized spacial score (nSPS) is 11.5. The second-order valence-corrected chi connectivity index (χ2v) is 12.2. The first-order valence-corrected chi connectivity index (χ1v) is 16.2. The van der Waals surface area contributed by atoms with Crippen LogP contribution in [0.5, 0.6) is 0 Å². The van der Waals surface area contributed by atoms with Crippen molar-refractivity contribution >= 4 is 60.4 Å². The van der Waals surface area contributed by atoms with Crippen LogP contribution in [0.15, 0.2) is 176 Å². The minimum atomic E-state index is 1.11. The monoisotopic (exact) mass is 600 g/mol. The van der Waals surface area contributed by atoms with E-state index in [4.69, 9.17) is 0 Å². The molecule has 0 N–H and O–H groups in total. The maximum absolute atomic E-state index is 2.43. The molecule has 1 heterocycles. The third kappa shape index (κ3) is 4.41. The molecule has 0 aliphatic rings. The number of rotatable bonds is 5. The molecule has 0 saturated carbocycles. The highest BCUT2D eigenvalue weighted by molar-refractivity contribution is 6.22. The summed E-state index contributed by atoms with van der Waals surface area (Å²) >= 11 is 0. The summed E-state index contributed by atoms with van der Waals surface area (Å²) in [6.07, 6.45) is 0. The number of hydrogen-bond donors (Lipinski definition) is 0. The average Bonchev–Trinajstić information content (AvgIpc) is 3.47. The van der Waals surface area contributed by atoms with Crippen LogP contribution in [0.4, 0.5) is 17.1 Å². The minimum Gasteiger partial charge on any atom is -0.309 e. The number of aryl methyl sites for hydroxylation is 1. The Morgan fingerprint density at radius 2 is 0.915 bits per heavy atom. The Morgan fingerprint density at radius 3 is 1.57 bits per heavy atom. The molecule has 0 radical (unpaired) electrons. The fraction of sp³-hybridized carbons (Fsp3) is 0.0222. The lowest BCUT2D eigenvalue weighted by molar-refractivity contribution is 1.17. The molecule has 0 aliphatic heterocycles. The number of anilines is 3. The first kappa shape index (κ1) is 27.2. The van der Waals surface area contributed by atoms with Crippen LogP contribution in [0.2, 0.25) is 0 Å². The Labute approximate surface area is 274 Å². The topological polar surface area (TPSA) is 8.17 Å². The van der Waals surface area contributed by atoms with E-state index in [9.17, 15) is 0 Å². The van der Waals surface area contributed by atoms with Gasteiger partial charge in [0.15, 0.2) is 0 Å². The molecule has 9 rings (SSSR count). The van der Waals surface area contributed by atoms with Gasteiger partial charge in [0.05, 0.1) is 16.7 Å². The Bertz CT molecular complexity index is 2510. The van der Waals surface area contributed by atoms with Gasteiger partial charge in [-0.25, -0.2) is 0 Å². The van der Waals surface area contributed by atoms with Gasteiger partial charge in [0, 0.05) is 38.6 Å². The van der Waals surface area contributed by atoms with E-state index in [1.165, 1.54) is 65.7 Å². The molecular weight excluding hydrogens is 569 g/mol. The number of nitrogens with zero attached hydrogens (tertiary/aromatic N) is 2. The Kier molecular flexibility index (Phi) is 6.39. The van der Waals surface area contributed by atoms with Crippen LogP contribution in [0, 0.1) is 6.92 Å². The van der Waals surface area contributed by atoms with E-state index in [-0.39, 0.29) is 0 Å². The van der Waals surface area contributed by atoms with Crippen LogP contribution >= 0.6 is 0 Å². The molecule has 1 aromatic heterocycles. The van der Waals surface area contributed by atoms with E-state index in [0.717, 1.165) is 17.1 Å². The molecule has 222 valence electrons. The molecule has 0 bridgehead atoms. The minimum absolute atomic E-state index is 1.11. The third-order valence-electron chi connectivity index (χ3n) is 9.40. The van der Waals surface area contributed by atoms with Crippen molar-refractivity contribution in [2.24, 2.45) is 0 Å². The van der Waals surface area contributed by atoms with E-state index in [1.54, 1.807) is 0 Å². The van der Waals surface area contributed by atoms with E-state index in [2.05, 4.69) is 192 Å². The van der Waals surface area contributed by atoms with Gasteiger partial charge in [0.1, 0.15) is 0 Å². The zero-order valence-electron chi connectivity index (χ0n) is 26.1. The quantitative estimate of drug-likeness (QED) is 0.178. The number of fused-ring (bicyclic) bond motifs is 5. The van der Waals surface area contributed by atoms with Crippen molar-refractivity contribution in [2.75, 3.05) is 4.90 Å². The molecule has 0 unspecified atom stereocenters. The maximum Gasteiger partial charge on any atom is 0.0618 e. The van der Waals surface area contributed by atoms with Crippen LogP contribution in [-0.2, 0) is 0 Å². The van der Waals surface area contributed by atoms with Gasteiger partial charge in [-0.15, -0.1) is 0 Å². The predicted molar refractivity (Wildman–Crippen MR) is 201 cm³/mol. The summed E-state index contributed by atoms with van der Waals surface area (Å²) in [5.41, 5.74) is 10.7. The lowest BCUT2D eigenvalue weighted by Gasteiger charge is -2.30. The molecule has 0 fully saturated rings. The summed E-state index contributed by atoms with van der Waals surface area (Å²) in [7, 11) is 0. The van der Waals surface area contributed by atoms with E-state index in [0.29, 0.717) is 0 Å². The number of aromatic nitrogens is 1. The number of benzene rings is 8. The summed E-state index contributed by atoms with van der Waals surface area (Å²) in [5, 5.41) is 7.48. The van der Waals surface area contributed by atoms with E-state index < -0.39 is 0 Å². The number of hydrogen-bond acceptors (Lipinski definition) is 1. The zero-order chi connectivity index (χ0) is 31.3.